The SMILES string of the molecule is CCOC(=N)c1ccc([C@](C)(O)CN2CCN(c3ccc(OCCO)cc3Cl)[C@H](c3ccc(Cl)cc3)C2)cn1. The molecule has 1 aliphatic heterocycles. The fraction of sp³-hybridized carbons (Fsp3) is 0.379. The van der Waals surface area contributed by atoms with Gasteiger partial charge in [0.15, 0.2) is 0 Å². The summed E-state index contributed by atoms with van der Waals surface area (Å²) in [7, 11) is 0. The van der Waals surface area contributed by atoms with Crippen molar-refractivity contribution in [3.05, 3.63) is 87.7 Å². The summed E-state index contributed by atoms with van der Waals surface area (Å²) < 4.78 is 10.7. The number of halogens is 2. The maximum absolute atomic E-state index is 11.4. The summed E-state index contributed by atoms with van der Waals surface area (Å²) in [6, 6.07) is 16.8. The van der Waals surface area contributed by atoms with E-state index in [4.69, 9.17) is 43.2 Å². The van der Waals surface area contributed by atoms with Gasteiger partial charge >= 0.3 is 0 Å². The van der Waals surface area contributed by atoms with Crippen LogP contribution in [0.15, 0.2) is 60.8 Å². The molecular weight excluding hydrogens is 539 g/mol. The molecule has 8 nitrogen and oxygen atoms in total. The molecule has 2 aromatic carbocycles. The molecule has 0 radical (unpaired) electrons. The molecule has 1 aromatic heterocycles. The Bertz CT molecular complexity index is 1260. The number of ether oxygens (including phenoxy) is 2. The highest BCUT2D eigenvalue weighted by Gasteiger charge is 2.34. The van der Waals surface area contributed by atoms with E-state index in [1.807, 2.05) is 43.3 Å². The molecule has 2 atom stereocenters. The van der Waals surface area contributed by atoms with Gasteiger partial charge in [-0.15, -0.1) is 0 Å². The first kappa shape index (κ1) is 29.1. The van der Waals surface area contributed by atoms with E-state index < -0.39 is 5.60 Å². The Hall–Kier alpha value is -2.88. The summed E-state index contributed by atoms with van der Waals surface area (Å²) >= 11 is 12.9. The molecule has 0 unspecified atom stereocenters. The van der Waals surface area contributed by atoms with Crippen LogP contribution in [0.5, 0.6) is 5.75 Å². The summed E-state index contributed by atoms with van der Waals surface area (Å²) in [4.78, 5) is 8.83. The minimum absolute atomic E-state index is 0.0114. The van der Waals surface area contributed by atoms with Crippen LogP contribution < -0.4 is 9.64 Å². The van der Waals surface area contributed by atoms with E-state index in [9.17, 15) is 5.11 Å². The predicted molar refractivity (Wildman–Crippen MR) is 154 cm³/mol. The number of hydrogen-bond acceptors (Lipinski definition) is 8. The Balaban J connectivity index is 1.54. The van der Waals surface area contributed by atoms with Crippen LogP contribution in [0.4, 0.5) is 5.69 Å². The van der Waals surface area contributed by atoms with E-state index in [2.05, 4.69) is 14.8 Å². The lowest BCUT2D eigenvalue weighted by Crippen LogP contribution is -2.52. The number of aliphatic hydroxyl groups excluding tert-OH is 1. The number of piperazine rings is 1. The number of β-amino-alcohol motifs (C(OH)–C–C–N with tert-alkyl or cyclic N) is 1. The van der Waals surface area contributed by atoms with Crippen molar-refractivity contribution in [2.24, 2.45) is 0 Å². The highest BCUT2D eigenvalue weighted by molar-refractivity contribution is 6.33. The molecule has 0 aliphatic carbocycles. The lowest BCUT2D eigenvalue weighted by Gasteiger charge is -2.45. The number of nitrogens with one attached hydrogen (secondary N) is 1. The lowest BCUT2D eigenvalue weighted by atomic mass is 9.94. The smallest absolute Gasteiger partial charge is 0.232 e. The quantitative estimate of drug-likeness (QED) is 0.235. The third-order valence-corrected chi connectivity index (χ3v) is 7.30. The molecule has 3 N–H and O–H groups in total. The Morgan fingerprint density at radius 1 is 1.13 bits per heavy atom. The average Bonchev–Trinajstić information content (AvgIpc) is 2.92. The third-order valence-electron chi connectivity index (χ3n) is 6.75. The predicted octanol–water partition coefficient (Wildman–Crippen LogP) is 4.89. The van der Waals surface area contributed by atoms with E-state index in [-0.39, 0.29) is 25.2 Å². The summed E-state index contributed by atoms with van der Waals surface area (Å²) in [6.07, 6.45) is 1.61. The van der Waals surface area contributed by atoms with Crippen LogP contribution in [0.2, 0.25) is 10.0 Å². The highest BCUT2D eigenvalue weighted by Crippen LogP contribution is 2.38. The number of pyridine rings is 1. The molecule has 4 rings (SSSR count). The zero-order valence-electron chi connectivity index (χ0n) is 22.1. The average molecular weight is 574 g/mol. The molecule has 2 heterocycles. The lowest BCUT2D eigenvalue weighted by molar-refractivity contribution is 0.0100. The van der Waals surface area contributed by atoms with E-state index in [1.54, 1.807) is 31.3 Å². The number of benzene rings is 2. The van der Waals surface area contributed by atoms with Crippen molar-refractivity contribution in [1.29, 1.82) is 5.41 Å². The number of hydrogen-bond donors (Lipinski definition) is 3. The van der Waals surface area contributed by atoms with Crippen LogP contribution in [-0.4, -0.2) is 72.0 Å². The fourth-order valence-electron chi connectivity index (χ4n) is 4.81. The molecule has 10 heteroatoms. The fourth-order valence-corrected chi connectivity index (χ4v) is 5.21. The first-order chi connectivity index (χ1) is 18.7. The molecule has 0 bridgehead atoms. The molecule has 208 valence electrons. The van der Waals surface area contributed by atoms with Crippen molar-refractivity contribution < 1.29 is 19.7 Å². The van der Waals surface area contributed by atoms with Crippen molar-refractivity contribution in [3.8, 4) is 5.75 Å². The van der Waals surface area contributed by atoms with Crippen LogP contribution in [0.1, 0.15) is 36.7 Å². The van der Waals surface area contributed by atoms with Gasteiger partial charge in [0.05, 0.1) is 30.0 Å². The summed E-state index contributed by atoms with van der Waals surface area (Å²) in [5.41, 5.74) is 1.91. The van der Waals surface area contributed by atoms with Gasteiger partial charge in [0, 0.05) is 49.0 Å². The largest absolute Gasteiger partial charge is 0.491 e. The molecule has 1 fully saturated rings. The van der Waals surface area contributed by atoms with Crippen LogP contribution in [0.25, 0.3) is 0 Å². The molecule has 0 saturated carbocycles. The number of aliphatic hydroxyl groups is 2. The van der Waals surface area contributed by atoms with Crippen LogP contribution in [0, 0.1) is 5.41 Å². The van der Waals surface area contributed by atoms with E-state index in [0.717, 1.165) is 11.3 Å². The molecule has 1 saturated heterocycles. The maximum Gasteiger partial charge on any atom is 0.232 e. The van der Waals surface area contributed by atoms with Crippen LogP contribution >= 0.6 is 23.2 Å². The summed E-state index contributed by atoms with van der Waals surface area (Å²) in [6.45, 7) is 6.57. The van der Waals surface area contributed by atoms with Crippen LogP contribution in [0.3, 0.4) is 0 Å². The Morgan fingerprint density at radius 3 is 2.54 bits per heavy atom. The van der Waals surface area contributed by atoms with Crippen molar-refractivity contribution >= 4 is 34.8 Å². The topological polar surface area (TPSA) is 102 Å². The van der Waals surface area contributed by atoms with Gasteiger partial charge in [-0.2, -0.15) is 0 Å². The number of nitrogens with zero attached hydrogens (tertiary/aromatic N) is 3. The van der Waals surface area contributed by atoms with Gasteiger partial charge in [-0.3, -0.25) is 15.3 Å². The second-order valence-electron chi connectivity index (χ2n) is 9.65. The minimum atomic E-state index is -1.16. The molecule has 39 heavy (non-hydrogen) atoms. The number of anilines is 1. The van der Waals surface area contributed by atoms with Gasteiger partial charge in [-0.05, 0) is 49.7 Å². The monoisotopic (exact) mass is 572 g/mol. The first-order valence-electron chi connectivity index (χ1n) is 12.9. The molecule has 0 amide bonds. The normalized spacial score (nSPS) is 17.5. The standard InChI is InChI=1S/C29H34Cl2N4O4/c1-3-38-28(32)25-10-6-21(17-33-25)29(2,37)19-34-12-13-35(27(18-34)20-4-7-22(30)8-5-20)26-11-9-23(16-24(26)31)39-15-14-36/h4-11,16-17,27,32,36-37H,3,12-15,18-19H2,1-2H3/t27-,29+/m0/s1. The molecule has 1 aliphatic rings. The maximum atomic E-state index is 11.4. The van der Waals surface area contributed by atoms with Gasteiger partial charge in [0.1, 0.15) is 23.7 Å². The first-order valence-corrected chi connectivity index (χ1v) is 13.7. The Morgan fingerprint density at radius 2 is 1.90 bits per heavy atom. The van der Waals surface area contributed by atoms with Gasteiger partial charge in [-0.25, -0.2) is 0 Å². The molecule has 0 spiro atoms. The third kappa shape index (κ3) is 7.21. The summed E-state index contributed by atoms with van der Waals surface area (Å²) in [5.74, 6) is 0.615. The Labute approximate surface area is 239 Å². The van der Waals surface area contributed by atoms with Gasteiger partial charge in [-0.1, -0.05) is 41.4 Å². The van der Waals surface area contributed by atoms with Crippen molar-refractivity contribution in [1.82, 2.24) is 9.88 Å². The van der Waals surface area contributed by atoms with E-state index >= 15 is 0 Å². The minimum Gasteiger partial charge on any atom is -0.491 e. The van der Waals surface area contributed by atoms with Crippen molar-refractivity contribution in [3.63, 3.8) is 0 Å². The second-order valence-corrected chi connectivity index (χ2v) is 10.5. The highest BCUT2D eigenvalue weighted by atomic mass is 35.5. The second kappa shape index (κ2) is 13.0. The number of aromatic nitrogens is 1. The Kier molecular flexibility index (Phi) is 9.69. The zero-order chi connectivity index (χ0) is 28.0. The van der Waals surface area contributed by atoms with Crippen molar-refractivity contribution in [2.75, 3.05) is 50.9 Å². The summed E-state index contributed by atoms with van der Waals surface area (Å²) in [5, 5.41) is 29.7. The van der Waals surface area contributed by atoms with E-state index in [1.165, 1.54) is 0 Å². The van der Waals surface area contributed by atoms with Crippen molar-refractivity contribution in [2.45, 2.75) is 25.5 Å². The zero-order valence-corrected chi connectivity index (χ0v) is 23.6. The van der Waals surface area contributed by atoms with Gasteiger partial charge < -0.3 is 24.6 Å². The van der Waals surface area contributed by atoms with E-state index in [0.29, 0.717) is 59.8 Å². The molecular formula is C29H34Cl2N4O4. The van der Waals surface area contributed by atoms with Crippen LogP contribution in [-0.2, 0) is 10.3 Å². The van der Waals surface area contributed by atoms with Gasteiger partial charge in [0.2, 0.25) is 5.90 Å². The molecule has 3 aromatic rings. The van der Waals surface area contributed by atoms with Gasteiger partial charge in [0.25, 0.3) is 0 Å². The number of rotatable bonds is 10.